The lowest BCUT2D eigenvalue weighted by atomic mass is 10.2. The van der Waals surface area contributed by atoms with Crippen molar-refractivity contribution in [1.82, 2.24) is 15.5 Å². The summed E-state index contributed by atoms with van der Waals surface area (Å²) in [7, 11) is 1.82. The fraction of sp³-hybridized carbons (Fsp3) is 0.273. The summed E-state index contributed by atoms with van der Waals surface area (Å²) < 4.78 is 7.30. The first kappa shape index (κ1) is 13.5. The number of aromatic nitrogens is 2. The monoisotopic (exact) mass is 374 g/mol. The smallest absolute Gasteiger partial charge is 0.320 e. The van der Waals surface area contributed by atoms with Crippen molar-refractivity contribution in [3.63, 3.8) is 0 Å². The van der Waals surface area contributed by atoms with Crippen LogP contribution in [0.1, 0.15) is 11.5 Å². The molecule has 7 heteroatoms. The zero-order valence-corrected chi connectivity index (χ0v) is 13.1. The Morgan fingerprint density at radius 1 is 1.22 bits per heavy atom. The van der Waals surface area contributed by atoms with E-state index < -0.39 is 0 Å². The molecule has 2 N–H and O–H groups in total. The van der Waals surface area contributed by atoms with E-state index in [9.17, 15) is 0 Å². The number of nitrogens with one attached hydrogen (secondary N) is 2. The second kappa shape index (κ2) is 5.81. The summed E-state index contributed by atoms with van der Waals surface area (Å²) >= 11 is 7.00. The van der Waals surface area contributed by atoms with Gasteiger partial charge in [-0.05, 0) is 63.5 Å². The third kappa shape index (κ3) is 3.09. The molecule has 0 fully saturated rings. The van der Waals surface area contributed by atoms with Crippen LogP contribution in [-0.4, -0.2) is 17.2 Å². The lowest BCUT2D eigenvalue weighted by Crippen LogP contribution is -2.04. The van der Waals surface area contributed by atoms with Crippen LogP contribution in [0, 0.1) is 6.92 Å². The highest BCUT2D eigenvalue weighted by Crippen LogP contribution is 2.34. The van der Waals surface area contributed by atoms with Gasteiger partial charge < -0.3 is 15.1 Å². The molecule has 0 aliphatic heterocycles. The minimum Gasteiger partial charge on any atom is -0.406 e. The summed E-state index contributed by atoms with van der Waals surface area (Å²) in [6.45, 7) is 2.57. The number of nitrogens with zero attached hydrogens (tertiary/aromatic N) is 2. The molecule has 0 saturated heterocycles. The van der Waals surface area contributed by atoms with E-state index in [1.54, 1.807) is 0 Å². The second-order valence-electron chi connectivity index (χ2n) is 3.76. The van der Waals surface area contributed by atoms with Crippen LogP contribution in [0.2, 0.25) is 0 Å². The molecular weight excluding hydrogens is 364 g/mol. The van der Waals surface area contributed by atoms with Crippen molar-refractivity contribution in [2.45, 2.75) is 13.5 Å². The Bertz CT molecular complexity index is 533. The minimum absolute atomic E-state index is 0.366. The predicted molar refractivity (Wildman–Crippen MR) is 76.9 cm³/mol. The predicted octanol–water partition coefficient (Wildman–Crippen LogP) is 3.37. The highest BCUT2D eigenvalue weighted by Gasteiger charge is 2.10. The Balaban J connectivity index is 2.22. The van der Waals surface area contributed by atoms with Crippen LogP contribution in [0.3, 0.4) is 0 Å². The van der Waals surface area contributed by atoms with Crippen molar-refractivity contribution in [3.8, 4) is 0 Å². The summed E-state index contributed by atoms with van der Waals surface area (Å²) in [5, 5.41) is 13.9. The third-order valence-corrected chi connectivity index (χ3v) is 3.46. The van der Waals surface area contributed by atoms with E-state index in [0.29, 0.717) is 18.5 Å². The van der Waals surface area contributed by atoms with Gasteiger partial charge in [0.2, 0.25) is 5.89 Å². The first-order valence-electron chi connectivity index (χ1n) is 5.30. The SMILES string of the molecule is CNCc1nnc(Nc2c(Br)cc(C)cc2Br)o1. The van der Waals surface area contributed by atoms with E-state index in [2.05, 4.69) is 52.7 Å². The quantitative estimate of drug-likeness (QED) is 0.857. The molecule has 0 aliphatic rings. The van der Waals surface area contributed by atoms with E-state index >= 15 is 0 Å². The molecular formula is C11H12Br2N4O. The molecule has 0 radical (unpaired) electrons. The maximum Gasteiger partial charge on any atom is 0.320 e. The molecule has 0 unspecified atom stereocenters. The molecule has 0 aliphatic carbocycles. The van der Waals surface area contributed by atoms with Gasteiger partial charge in [0.15, 0.2) is 0 Å². The van der Waals surface area contributed by atoms with E-state index in [1.807, 2.05) is 26.1 Å². The first-order chi connectivity index (χ1) is 8.60. The molecule has 2 aromatic rings. The second-order valence-corrected chi connectivity index (χ2v) is 5.47. The largest absolute Gasteiger partial charge is 0.406 e. The van der Waals surface area contributed by atoms with Crippen LogP contribution < -0.4 is 10.6 Å². The van der Waals surface area contributed by atoms with Gasteiger partial charge in [-0.15, -0.1) is 5.10 Å². The Labute approximate surface area is 122 Å². The molecule has 0 spiro atoms. The highest BCUT2D eigenvalue weighted by atomic mass is 79.9. The van der Waals surface area contributed by atoms with Gasteiger partial charge in [0.25, 0.3) is 0 Å². The van der Waals surface area contributed by atoms with E-state index in [0.717, 1.165) is 20.2 Å². The molecule has 1 aromatic carbocycles. The Kier molecular flexibility index (Phi) is 4.36. The van der Waals surface area contributed by atoms with Gasteiger partial charge in [-0.25, -0.2) is 0 Å². The summed E-state index contributed by atoms with van der Waals surface area (Å²) in [6, 6.07) is 4.39. The first-order valence-corrected chi connectivity index (χ1v) is 6.88. The standard InChI is InChI=1S/C11H12Br2N4O/c1-6-3-7(12)10(8(13)4-6)15-11-17-16-9(18-11)5-14-2/h3-4,14H,5H2,1-2H3,(H,15,17). The molecule has 0 saturated carbocycles. The third-order valence-electron chi connectivity index (χ3n) is 2.21. The van der Waals surface area contributed by atoms with Crippen molar-refractivity contribution >= 4 is 43.6 Å². The summed E-state index contributed by atoms with van der Waals surface area (Å²) in [4.78, 5) is 0. The van der Waals surface area contributed by atoms with Crippen LogP contribution in [0.15, 0.2) is 25.5 Å². The van der Waals surface area contributed by atoms with Crippen LogP contribution >= 0.6 is 31.9 Å². The number of hydrogen-bond donors (Lipinski definition) is 2. The van der Waals surface area contributed by atoms with E-state index in [4.69, 9.17) is 4.42 Å². The normalized spacial score (nSPS) is 10.7. The average Bonchev–Trinajstić information content (AvgIpc) is 2.72. The Hall–Kier alpha value is -0.920. The molecule has 0 bridgehead atoms. The molecule has 96 valence electrons. The van der Waals surface area contributed by atoms with Crippen LogP contribution in [0.4, 0.5) is 11.7 Å². The van der Waals surface area contributed by atoms with Gasteiger partial charge in [0.1, 0.15) is 0 Å². The Morgan fingerprint density at radius 2 is 1.89 bits per heavy atom. The van der Waals surface area contributed by atoms with Gasteiger partial charge in [0, 0.05) is 8.95 Å². The maximum atomic E-state index is 5.43. The lowest BCUT2D eigenvalue weighted by molar-refractivity contribution is 0.493. The van der Waals surface area contributed by atoms with Gasteiger partial charge in [-0.1, -0.05) is 5.10 Å². The maximum absolute atomic E-state index is 5.43. The summed E-state index contributed by atoms with van der Waals surface area (Å²) in [5.41, 5.74) is 2.01. The number of hydrogen-bond acceptors (Lipinski definition) is 5. The molecule has 5 nitrogen and oxygen atoms in total. The van der Waals surface area contributed by atoms with Crippen LogP contribution in [-0.2, 0) is 6.54 Å². The minimum atomic E-state index is 0.366. The van der Waals surface area contributed by atoms with Crippen molar-refractivity contribution in [3.05, 3.63) is 32.5 Å². The number of anilines is 2. The summed E-state index contributed by atoms with van der Waals surface area (Å²) in [5.74, 6) is 0.541. The van der Waals surface area contributed by atoms with Crippen molar-refractivity contribution < 1.29 is 4.42 Å². The zero-order valence-electron chi connectivity index (χ0n) is 9.92. The molecule has 18 heavy (non-hydrogen) atoms. The number of aryl methyl sites for hydroxylation is 1. The van der Waals surface area contributed by atoms with Gasteiger partial charge in [-0.2, -0.15) is 0 Å². The highest BCUT2D eigenvalue weighted by molar-refractivity contribution is 9.11. The molecule has 2 rings (SSSR count). The van der Waals surface area contributed by atoms with Crippen LogP contribution in [0.5, 0.6) is 0 Å². The van der Waals surface area contributed by atoms with Gasteiger partial charge >= 0.3 is 6.01 Å². The number of halogens is 2. The summed E-state index contributed by atoms with van der Waals surface area (Å²) in [6.07, 6.45) is 0. The van der Waals surface area contributed by atoms with Gasteiger partial charge in [0.05, 0.1) is 12.2 Å². The topological polar surface area (TPSA) is 63.0 Å². The van der Waals surface area contributed by atoms with Crippen molar-refractivity contribution in [2.75, 3.05) is 12.4 Å². The number of rotatable bonds is 4. The van der Waals surface area contributed by atoms with Crippen molar-refractivity contribution in [2.24, 2.45) is 0 Å². The lowest BCUT2D eigenvalue weighted by Gasteiger charge is -2.08. The molecule has 1 aromatic heterocycles. The zero-order chi connectivity index (χ0) is 13.1. The van der Waals surface area contributed by atoms with Crippen LogP contribution in [0.25, 0.3) is 0 Å². The fourth-order valence-electron chi connectivity index (χ4n) is 1.45. The molecule has 0 atom stereocenters. The Morgan fingerprint density at radius 3 is 2.50 bits per heavy atom. The van der Waals surface area contributed by atoms with Gasteiger partial charge in [-0.3, -0.25) is 0 Å². The van der Waals surface area contributed by atoms with E-state index in [-0.39, 0.29) is 0 Å². The van der Waals surface area contributed by atoms with E-state index in [1.165, 1.54) is 0 Å². The fourth-order valence-corrected chi connectivity index (χ4v) is 3.07. The number of benzene rings is 1. The molecule has 1 heterocycles. The molecule has 0 amide bonds. The van der Waals surface area contributed by atoms with Crippen molar-refractivity contribution in [1.29, 1.82) is 0 Å². The average molecular weight is 376 g/mol.